The summed E-state index contributed by atoms with van der Waals surface area (Å²) in [4.78, 5) is 12.9. The molecule has 1 atom stereocenters. The summed E-state index contributed by atoms with van der Waals surface area (Å²) < 4.78 is 5.55. The van der Waals surface area contributed by atoms with E-state index in [9.17, 15) is 9.90 Å². The molecule has 0 saturated carbocycles. The standard InChI is InChI=1S/C10H10BrN3O3/c1-2-17-10(16)8-9(15)14-5-6(11)3-4-7(14)12-13-8/h3-5,9,15H,2H2,1H3. The lowest BCUT2D eigenvalue weighted by molar-refractivity contribution is -0.135. The van der Waals surface area contributed by atoms with E-state index in [2.05, 4.69) is 26.1 Å². The van der Waals surface area contributed by atoms with Crippen molar-refractivity contribution in [2.24, 2.45) is 10.2 Å². The smallest absolute Gasteiger partial charge is 0.359 e. The van der Waals surface area contributed by atoms with Crippen molar-refractivity contribution in [2.45, 2.75) is 13.2 Å². The Morgan fingerprint density at radius 3 is 3.06 bits per heavy atom. The first kappa shape index (κ1) is 12.0. The summed E-state index contributed by atoms with van der Waals surface area (Å²) in [5, 5.41) is 17.5. The molecule has 1 N–H and O–H groups in total. The monoisotopic (exact) mass is 299 g/mol. The van der Waals surface area contributed by atoms with Crippen molar-refractivity contribution < 1.29 is 14.6 Å². The summed E-state index contributed by atoms with van der Waals surface area (Å²) >= 11 is 3.28. The maximum atomic E-state index is 11.5. The zero-order valence-corrected chi connectivity index (χ0v) is 10.6. The molecule has 0 aromatic rings. The fourth-order valence-electron chi connectivity index (χ4n) is 1.40. The third kappa shape index (κ3) is 2.29. The van der Waals surface area contributed by atoms with Crippen LogP contribution in [0.1, 0.15) is 6.92 Å². The number of carbonyl (C=O) groups excluding carboxylic acids is 1. The molecule has 7 heteroatoms. The van der Waals surface area contributed by atoms with E-state index < -0.39 is 12.2 Å². The van der Waals surface area contributed by atoms with Crippen LogP contribution in [0.3, 0.4) is 0 Å². The zero-order chi connectivity index (χ0) is 12.4. The minimum Gasteiger partial charge on any atom is -0.461 e. The van der Waals surface area contributed by atoms with Crippen molar-refractivity contribution in [3.63, 3.8) is 0 Å². The molecule has 0 fully saturated rings. The molecule has 2 aliphatic heterocycles. The summed E-state index contributed by atoms with van der Waals surface area (Å²) in [6, 6.07) is 0. The van der Waals surface area contributed by atoms with Crippen LogP contribution in [0.15, 0.2) is 33.0 Å². The number of fused-ring (bicyclic) bond motifs is 1. The number of allylic oxidation sites excluding steroid dienone is 2. The summed E-state index contributed by atoms with van der Waals surface area (Å²) in [6.45, 7) is 1.91. The Labute approximate surface area is 106 Å². The third-order valence-corrected chi connectivity index (χ3v) is 2.64. The van der Waals surface area contributed by atoms with E-state index in [1.807, 2.05) is 0 Å². The van der Waals surface area contributed by atoms with Gasteiger partial charge in [-0.05, 0) is 35.0 Å². The second-order valence-corrected chi connectivity index (χ2v) is 4.21. The largest absolute Gasteiger partial charge is 0.461 e. The molecule has 1 unspecified atom stereocenters. The molecule has 17 heavy (non-hydrogen) atoms. The minimum absolute atomic E-state index is 0.123. The van der Waals surface area contributed by atoms with Gasteiger partial charge < -0.3 is 9.84 Å². The Morgan fingerprint density at radius 2 is 2.35 bits per heavy atom. The Hall–Kier alpha value is -1.47. The lowest BCUT2D eigenvalue weighted by Crippen LogP contribution is -2.47. The van der Waals surface area contributed by atoms with Crippen molar-refractivity contribution >= 4 is 33.4 Å². The number of hydrogen-bond acceptors (Lipinski definition) is 6. The lowest BCUT2D eigenvalue weighted by atomic mass is 10.2. The van der Waals surface area contributed by atoms with E-state index in [4.69, 9.17) is 4.74 Å². The molecule has 0 amide bonds. The maximum Gasteiger partial charge on any atom is 0.359 e. The molecule has 0 aromatic carbocycles. The van der Waals surface area contributed by atoms with Crippen LogP contribution < -0.4 is 0 Å². The number of aliphatic hydroxyl groups excluding tert-OH is 1. The molecule has 2 rings (SSSR count). The second kappa shape index (κ2) is 4.80. The predicted molar refractivity (Wildman–Crippen MR) is 65.5 cm³/mol. The fraction of sp³-hybridized carbons (Fsp3) is 0.300. The summed E-state index contributed by atoms with van der Waals surface area (Å²) in [5.74, 6) is -0.198. The van der Waals surface area contributed by atoms with Crippen LogP contribution in [0, 0.1) is 0 Å². The Bertz CT molecular complexity index is 467. The maximum absolute atomic E-state index is 11.5. The van der Waals surface area contributed by atoms with Crippen LogP contribution in [0.5, 0.6) is 0 Å². The van der Waals surface area contributed by atoms with Gasteiger partial charge in [-0.2, -0.15) is 0 Å². The van der Waals surface area contributed by atoms with E-state index >= 15 is 0 Å². The molecule has 0 saturated heterocycles. The van der Waals surface area contributed by atoms with Gasteiger partial charge in [0.05, 0.1) is 6.61 Å². The molecule has 2 aliphatic rings. The molecule has 0 radical (unpaired) electrons. The predicted octanol–water partition coefficient (Wildman–Crippen LogP) is 0.744. The van der Waals surface area contributed by atoms with Crippen molar-refractivity contribution in [3.05, 3.63) is 22.8 Å². The first-order chi connectivity index (χ1) is 8.13. The average molecular weight is 300 g/mol. The average Bonchev–Trinajstić information content (AvgIpc) is 2.30. The number of nitrogens with zero attached hydrogens (tertiary/aromatic N) is 3. The minimum atomic E-state index is -1.18. The van der Waals surface area contributed by atoms with Crippen LogP contribution in [0.2, 0.25) is 0 Å². The van der Waals surface area contributed by atoms with Gasteiger partial charge in [0.25, 0.3) is 0 Å². The summed E-state index contributed by atoms with van der Waals surface area (Å²) in [6.07, 6.45) is 3.89. The van der Waals surface area contributed by atoms with Crippen molar-refractivity contribution in [1.82, 2.24) is 4.90 Å². The van der Waals surface area contributed by atoms with Gasteiger partial charge in [0.1, 0.15) is 0 Å². The number of amidine groups is 1. The van der Waals surface area contributed by atoms with Crippen LogP contribution in [-0.2, 0) is 9.53 Å². The van der Waals surface area contributed by atoms with Crippen LogP contribution in [0.4, 0.5) is 0 Å². The molecular formula is C10H10BrN3O3. The van der Waals surface area contributed by atoms with Gasteiger partial charge in [-0.3, -0.25) is 4.90 Å². The highest BCUT2D eigenvalue weighted by atomic mass is 79.9. The van der Waals surface area contributed by atoms with E-state index in [0.717, 1.165) is 4.48 Å². The van der Waals surface area contributed by atoms with E-state index in [0.29, 0.717) is 5.84 Å². The second-order valence-electron chi connectivity index (χ2n) is 3.29. The number of aliphatic hydroxyl groups is 1. The van der Waals surface area contributed by atoms with Gasteiger partial charge in [0, 0.05) is 10.7 Å². The van der Waals surface area contributed by atoms with E-state index in [1.54, 1.807) is 25.3 Å². The Balaban J connectivity index is 2.28. The van der Waals surface area contributed by atoms with E-state index in [-0.39, 0.29) is 12.3 Å². The van der Waals surface area contributed by atoms with Gasteiger partial charge in [-0.25, -0.2) is 4.79 Å². The summed E-state index contributed by atoms with van der Waals surface area (Å²) in [7, 11) is 0. The van der Waals surface area contributed by atoms with Gasteiger partial charge >= 0.3 is 5.97 Å². The van der Waals surface area contributed by atoms with Crippen molar-refractivity contribution in [1.29, 1.82) is 0 Å². The molecule has 6 nitrogen and oxygen atoms in total. The molecule has 0 bridgehead atoms. The third-order valence-electron chi connectivity index (χ3n) is 2.17. The number of hydrogen-bond donors (Lipinski definition) is 1. The molecule has 0 aliphatic carbocycles. The SMILES string of the molecule is CCOC(=O)C1=NN=C2C=CC(Br)=CN2C1O. The van der Waals surface area contributed by atoms with Crippen LogP contribution in [0.25, 0.3) is 0 Å². The number of halogens is 1. The first-order valence-electron chi connectivity index (χ1n) is 4.98. The van der Waals surface area contributed by atoms with Crippen LogP contribution in [-0.4, -0.2) is 40.4 Å². The molecular weight excluding hydrogens is 290 g/mol. The Morgan fingerprint density at radius 1 is 1.59 bits per heavy atom. The molecule has 0 aromatic heterocycles. The highest BCUT2D eigenvalue weighted by Crippen LogP contribution is 2.20. The highest BCUT2D eigenvalue weighted by Gasteiger charge is 2.32. The lowest BCUT2D eigenvalue weighted by Gasteiger charge is -2.30. The number of carbonyl (C=O) groups is 1. The quantitative estimate of drug-likeness (QED) is 0.763. The zero-order valence-electron chi connectivity index (χ0n) is 9.00. The molecule has 90 valence electrons. The molecule has 0 spiro atoms. The number of rotatable bonds is 2. The molecule has 2 heterocycles. The van der Waals surface area contributed by atoms with Crippen molar-refractivity contribution in [2.75, 3.05) is 6.61 Å². The van der Waals surface area contributed by atoms with Gasteiger partial charge in [-0.1, -0.05) is 0 Å². The topological polar surface area (TPSA) is 74.5 Å². The number of ether oxygens (including phenoxy) is 1. The fourth-order valence-corrected chi connectivity index (χ4v) is 1.76. The number of esters is 1. The first-order valence-corrected chi connectivity index (χ1v) is 5.77. The summed E-state index contributed by atoms with van der Waals surface area (Å²) in [5.41, 5.74) is -0.123. The highest BCUT2D eigenvalue weighted by molar-refractivity contribution is 9.11. The normalized spacial score (nSPS) is 22.4. The van der Waals surface area contributed by atoms with Crippen LogP contribution >= 0.6 is 15.9 Å². The van der Waals surface area contributed by atoms with E-state index in [1.165, 1.54) is 4.90 Å². The Kier molecular flexibility index (Phi) is 3.39. The van der Waals surface area contributed by atoms with Gasteiger partial charge in [0.15, 0.2) is 17.8 Å². The van der Waals surface area contributed by atoms with Crippen molar-refractivity contribution in [3.8, 4) is 0 Å². The van der Waals surface area contributed by atoms with Gasteiger partial charge in [0.2, 0.25) is 0 Å². The van der Waals surface area contributed by atoms with Gasteiger partial charge in [-0.15, -0.1) is 10.2 Å².